The van der Waals surface area contributed by atoms with E-state index in [4.69, 9.17) is 23.2 Å². The molecule has 0 unspecified atom stereocenters. The average molecular weight is 434 g/mol. The molecule has 0 aliphatic carbocycles. The highest BCUT2D eigenvalue weighted by Gasteiger charge is 2.18. The monoisotopic (exact) mass is 433 g/mol. The summed E-state index contributed by atoms with van der Waals surface area (Å²) in [6.07, 6.45) is 5.85. The summed E-state index contributed by atoms with van der Waals surface area (Å²) in [7, 11) is 1.88. The van der Waals surface area contributed by atoms with Gasteiger partial charge in [-0.2, -0.15) is 10.1 Å². The van der Waals surface area contributed by atoms with Gasteiger partial charge in [0.05, 0.1) is 21.6 Å². The molecule has 0 amide bonds. The lowest BCUT2D eigenvalue weighted by Gasteiger charge is -2.32. The Bertz CT molecular complexity index is 967. The van der Waals surface area contributed by atoms with Crippen molar-refractivity contribution in [2.75, 3.05) is 31.5 Å². The number of nitrogens with one attached hydrogen (secondary N) is 2. The van der Waals surface area contributed by atoms with E-state index in [1.165, 1.54) is 5.56 Å². The third-order valence-electron chi connectivity index (χ3n) is 5.29. The second-order valence-electron chi connectivity index (χ2n) is 7.42. The highest BCUT2D eigenvalue weighted by atomic mass is 35.5. The van der Waals surface area contributed by atoms with Crippen molar-refractivity contribution in [2.45, 2.75) is 25.4 Å². The molecule has 0 atom stereocenters. The Morgan fingerprint density at radius 1 is 1.10 bits per heavy atom. The molecule has 1 aliphatic rings. The van der Waals surface area contributed by atoms with Crippen LogP contribution in [0.3, 0.4) is 0 Å². The minimum absolute atomic E-state index is 0.544. The molecule has 1 fully saturated rings. The number of nitrogens with zero attached hydrogens (tertiary/aromatic N) is 5. The van der Waals surface area contributed by atoms with Crippen molar-refractivity contribution in [1.29, 1.82) is 0 Å². The van der Waals surface area contributed by atoms with Crippen LogP contribution in [0.4, 0.5) is 5.95 Å². The second-order valence-corrected chi connectivity index (χ2v) is 8.23. The van der Waals surface area contributed by atoms with Gasteiger partial charge in [-0.25, -0.2) is 4.98 Å². The van der Waals surface area contributed by atoms with E-state index >= 15 is 0 Å². The molecule has 1 aromatic carbocycles. The van der Waals surface area contributed by atoms with E-state index in [1.807, 2.05) is 19.2 Å². The molecule has 2 N–H and O–H groups in total. The van der Waals surface area contributed by atoms with Crippen LogP contribution in [0.15, 0.2) is 30.6 Å². The summed E-state index contributed by atoms with van der Waals surface area (Å²) < 4.78 is 1.76. The molecule has 7 nitrogen and oxygen atoms in total. The van der Waals surface area contributed by atoms with Gasteiger partial charge < -0.3 is 10.6 Å². The van der Waals surface area contributed by atoms with Gasteiger partial charge in [-0.15, -0.1) is 0 Å². The molecule has 0 bridgehead atoms. The molecule has 9 heteroatoms. The number of aryl methyl sites for hydroxylation is 1. The molecule has 0 saturated carbocycles. The molecule has 0 spiro atoms. The van der Waals surface area contributed by atoms with E-state index < -0.39 is 0 Å². The summed E-state index contributed by atoms with van der Waals surface area (Å²) in [6, 6.07) is 6.43. The van der Waals surface area contributed by atoms with Crippen LogP contribution < -0.4 is 10.6 Å². The lowest BCUT2D eigenvalue weighted by Crippen LogP contribution is -2.43. The van der Waals surface area contributed by atoms with Gasteiger partial charge in [-0.1, -0.05) is 29.3 Å². The van der Waals surface area contributed by atoms with E-state index in [0.717, 1.165) is 56.6 Å². The highest BCUT2D eigenvalue weighted by molar-refractivity contribution is 6.42. The lowest BCUT2D eigenvalue weighted by atomic mass is 10.0. The zero-order valence-electron chi connectivity index (χ0n) is 16.4. The minimum atomic E-state index is 0.544. The van der Waals surface area contributed by atoms with Crippen molar-refractivity contribution in [1.82, 2.24) is 30.0 Å². The van der Waals surface area contributed by atoms with Crippen LogP contribution in [-0.2, 0) is 13.6 Å². The number of aromatic nitrogens is 4. The Morgan fingerprint density at radius 3 is 2.72 bits per heavy atom. The number of hydrogen-bond acceptors (Lipinski definition) is 6. The maximum atomic E-state index is 6.12. The summed E-state index contributed by atoms with van der Waals surface area (Å²) in [5.41, 5.74) is 2.05. The molecule has 29 heavy (non-hydrogen) atoms. The highest BCUT2D eigenvalue weighted by Crippen LogP contribution is 2.24. The van der Waals surface area contributed by atoms with Crippen molar-refractivity contribution in [3.8, 4) is 0 Å². The number of likely N-dealkylation sites (tertiary alicyclic amines) is 1. The fourth-order valence-electron chi connectivity index (χ4n) is 3.66. The largest absolute Gasteiger partial charge is 0.353 e. The van der Waals surface area contributed by atoms with Crippen LogP contribution in [0.5, 0.6) is 0 Å². The van der Waals surface area contributed by atoms with E-state index in [9.17, 15) is 0 Å². The maximum absolute atomic E-state index is 6.12. The predicted molar refractivity (Wildman–Crippen MR) is 118 cm³/mol. The first-order valence-corrected chi connectivity index (χ1v) is 10.6. The molecular weight excluding hydrogens is 409 g/mol. The van der Waals surface area contributed by atoms with Crippen LogP contribution in [0.2, 0.25) is 10.0 Å². The molecule has 4 rings (SSSR count). The molecule has 1 saturated heterocycles. The smallest absolute Gasteiger partial charge is 0.224 e. The molecule has 3 heterocycles. The summed E-state index contributed by atoms with van der Waals surface area (Å²) in [4.78, 5) is 11.3. The average Bonchev–Trinajstić information content (AvgIpc) is 3.10. The van der Waals surface area contributed by atoms with Crippen LogP contribution >= 0.6 is 23.2 Å². The molecule has 0 radical (unpaired) electrons. The van der Waals surface area contributed by atoms with E-state index in [-0.39, 0.29) is 0 Å². The number of rotatable bonds is 7. The van der Waals surface area contributed by atoms with Crippen LogP contribution in [0.25, 0.3) is 11.0 Å². The first kappa shape index (κ1) is 20.3. The number of fused-ring (bicyclic) bond motifs is 1. The van der Waals surface area contributed by atoms with Gasteiger partial charge >= 0.3 is 0 Å². The van der Waals surface area contributed by atoms with Gasteiger partial charge in [0.1, 0.15) is 0 Å². The number of piperidine rings is 1. The van der Waals surface area contributed by atoms with E-state index in [0.29, 0.717) is 22.0 Å². The van der Waals surface area contributed by atoms with Crippen molar-refractivity contribution in [3.05, 3.63) is 46.2 Å². The minimum Gasteiger partial charge on any atom is -0.353 e. The third kappa shape index (κ3) is 5.17. The van der Waals surface area contributed by atoms with Gasteiger partial charge in [0, 0.05) is 38.9 Å². The van der Waals surface area contributed by atoms with Crippen molar-refractivity contribution in [2.24, 2.45) is 7.05 Å². The Balaban J connectivity index is 1.17. The van der Waals surface area contributed by atoms with Gasteiger partial charge in [0.15, 0.2) is 5.65 Å². The van der Waals surface area contributed by atoms with Crippen LogP contribution in [-0.4, -0.2) is 56.9 Å². The molecular formula is C20H25Cl2N7. The Labute approximate surface area is 180 Å². The quantitative estimate of drug-likeness (QED) is 0.556. The second kappa shape index (κ2) is 9.26. The number of halogens is 2. The molecule has 2 aromatic heterocycles. The van der Waals surface area contributed by atoms with Crippen LogP contribution in [0.1, 0.15) is 18.4 Å². The summed E-state index contributed by atoms with van der Waals surface area (Å²) in [5, 5.41) is 13.3. The predicted octanol–water partition coefficient (Wildman–Crippen LogP) is 3.34. The van der Waals surface area contributed by atoms with Gasteiger partial charge in [0.2, 0.25) is 5.95 Å². The fourth-order valence-corrected chi connectivity index (χ4v) is 3.98. The summed E-state index contributed by atoms with van der Waals surface area (Å²) >= 11 is 12.1. The van der Waals surface area contributed by atoms with Crippen molar-refractivity contribution in [3.63, 3.8) is 0 Å². The zero-order chi connectivity index (χ0) is 20.2. The normalized spacial score (nSPS) is 15.8. The molecule has 154 valence electrons. The van der Waals surface area contributed by atoms with Crippen molar-refractivity contribution >= 4 is 40.2 Å². The number of anilines is 1. The molecule has 3 aromatic rings. The molecule has 1 aliphatic heterocycles. The third-order valence-corrected chi connectivity index (χ3v) is 6.03. The van der Waals surface area contributed by atoms with Crippen molar-refractivity contribution < 1.29 is 0 Å². The first-order valence-electron chi connectivity index (χ1n) is 9.87. The maximum Gasteiger partial charge on any atom is 0.224 e. The standard InChI is InChI=1S/C20H25Cl2N7/c1-28-19-15(12-26-28)11-25-20(27-19)24-7-6-23-16-4-8-29(9-5-16)13-14-2-3-17(21)18(22)10-14/h2-3,10-12,16,23H,4-9,13H2,1H3,(H,24,25,27). The number of hydrogen-bond donors (Lipinski definition) is 2. The van der Waals surface area contributed by atoms with Crippen LogP contribution in [0, 0.1) is 0 Å². The SMILES string of the molecule is Cn1ncc2cnc(NCCNC3CCN(Cc4ccc(Cl)c(Cl)c4)CC3)nc21. The van der Waals surface area contributed by atoms with Gasteiger partial charge in [-0.05, 0) is 43.6 Å². The van der Waals surface area contributed by atoms with E-state index in [1.54, 1.807) is 17.1 Å². The van der Waals surface area contributed by atoms with Gasteiger partial charge in [0.25, 0.3) is 0 Å². The zero-order valence-corrected chi connectivity index (χ0v) is 17.9. The first-order chi connectivity index (χ1) is 14.1. The Morgan fingerprint density at radius 2 is 1.93 bits per heavy atom. The van der Waals surface area contributed by atoms with Gasteiger partial charge in [-0.3, -0.25) is 9.58 Å². The lowest BCUT2D eigenvalue weighted by molar-refractivity contribution is 0.191. The topological polar surface area (TPSA) is 70.9 Å². The fraction of sp³-hybridized carbons (Fsp3) is 0.450. The van der Waals surface area contributed by atoms with E-state index in [2.05, 4.69) is 36.7 Å². The summed E-state index contributed by atoms with van der Waals surface area (Å²) in [5.74, 6) is 0.638. The Hall–Kier alpha value is -1.93. The Kier molecular flexibility index (Phi) is 6.50. The summed E-state index contributed by atoms with van der Waals surface area (Å²) in [6.45, 7) is 4.73. The number of benzene rings is 1.